The van der Waals surface area contributed by atoms with Crippen LogP contribution in [-0.4, -0.2) is 23.2 Å². The Hall–Kier alpha value is -1.99. The fourth-order valence-corrected chi connectivity index (χ4v) is 5.15. The minimum Gasteiger partial charge on any atom is -0.487 e. The summed E-state index contributed by atoms with van der Waals surface area (Å²) in [6.45, 7) is 0.321. The molecule has 0 aliphatic rings. The molecule has 0 radical (unpaired) electrons. The van der Waals surface area contributed by atoms with Crippen molar-refractivity contribution in [3.8, 4) is 5.75 Å². The Kier molecular flexibility index (Phi) is 8.43. The molecule has 0 spiro atoms. The molecule has 1 amide bonds. The SMILES string of the molecule is O=C(O)c1ccc(COc2c(I)cc(/C=N\NC(=O)c3ccccc3Br)cc2I)cc1. The van der Waals surface area contributed by atoms with Gasteiger partial charge < -0.3 is 9.84 Å². The summed E-state index contributed by atoms with van der Waals surface area (Å²) in [4.78, 5) is 23.2. The monoisotopic (exact) mass is 704 g/mol. The third-order valence-electron chi connectivity index (χ3n) is 4.10. The lowest BCUT2D eigenvalue weighted by Crippen LogP contribution is -2.18. The molecule has 9 heteroatoms. The van der Waals surface area contributed by atoms with Crippen LogP contribution >= 0.6 is 61.1 Å². The topological polar surface area (TPSA) is 88.0 Å². The van der Waals surface area contributed by atoms with Gasteiger partial charge in [0.2, 0.25) is 0 Å². The molecule has 2 N–H and O–H groups in total. The van der Waals surface area contributed by atoms with Gasteiger partial charge in [-0.1, -0.05) is 24.3 Å². The number of ether oxygens (including phenoxy) is 1. The highest BCUT2D eigenvalue weighted by Crippen LogP contribution is 2.29. The van der Waals surface area contributed by atoms with Crippen molar-refractivity contribution >= 4 is 79.2 Å². The molecule has 0 saturated heterocycles. The number of hydrazone groups is 1. The third kappa shape index (κ3) is 6.50. The molecule has 0 heterocycles. The molecule has 0 fully saturated rings. The zero-order valence-corrected chi connectivity index (χ0v) is 21.7. The molecular weight excluding hydrogens is 690 g/mol. The van der Waals surface area contributed by atoms with E-state index in [0.29, 0.717) is 16.6 Å². The number of hydrogen-bond acceptors (Lipinski definition) is 4. The van der Waals surface area contributed by atoms with Crippen molar-refractivity contribution in [2.45, 2.75) is 6.61 Å². The largest absolute Gasteiger partial charge is 0.487 e. The summed E-state index contributed by atoms with van der Waals surface area (Å²) in [5, 5.41) is 13.0. The van der Waals surface area contributed by atoms with E-state index in [2.05, 4.69) is 71.6 Å². The molecule has 0 aliphatic heterocycles. The van der Waals surface area contributed by atoms with Gasteiger partial charge in [-0.25, -0.2) is 10.2 Å². The number of hydrogen-bond donors (Lipinski definition) is 2. The second kappa shape index (κ2) is 11.0. The van der Waals surface area contributed by atoms with E-state index in [0.717, 1.165) is 24.0 Å². The van der Waals surface area contributed by atoms with E-state index in [4.69, 9.17) is 9.84 Å². The first-order valence-corrected chi connectivity index (χ1v) is 11.8. The number of benzene rings is 3. The van der Waals surface area contributed by atoms with Crippen LogP contribution in [0.4, 0.5) is 0 Å². The van der Waals surface area contributed by atoms with E-state index in [1.54, 1.807) is 48.7 Å². The lowest BCUT2D eigenvalue weighted by Gasteiger charge is -2.11. The fourth-order valence-electron chi connectivity index (χ4n) is 2.56. The number of carboxylic acid groups (broad SMARTS) is 1. The van der Waals surface area contributed by atoms with Gasteiger partial charge in [0.15, 0.2) is 0 Å². The number of amides is 1. The maximum atomic E-state index is 12.2. The first kappa shape index (κ1) is 23.7. The number of nitrogens with zero attached hydrogens (tertiary/aromatic N) is 1. The average molecular weight is 705 g/mol. The predicted molar refractivity (Wildman–Crippen MR) is 139 cm³/mol. The highest BCUT2D eigenvalue weighted by atomic mass is 127. The summed E-state index contributed by atoms with van der Waals surface area (Å²) in [5.74, 6) is -0.527. The summed E-state index contributed by atoms with van der Waals surface area (Å²) in [6, 6.07) is 17.5. The number of carbonyl (C=O) groups excluding carboxylic acids is 1. The Morgan fingerprint density at radius 3 is 2.32 bits per heavy atom. The second-order valence-corrected chi connectivity index (χ2v) is 9.46. The molecular formula is C22H15BrI2N2O4. The van der Waals surface area contributed by atoms with Gasteiger partial charge in [0, 0.05) is 4.47 Å². The maximum absolute atomic E-state index is 12.2. The zero-order valence-electron chi connectivity index (χ0n) is 15.8. The third-order valence-corrected chi connectivity index (χ3v) is 6.40. The standard InChI is InChI=1S/C22H15BrI2N2O4/c23-17-4-2-1-3-16(17)21(28)27-26-11-14-9-18(24)20(19(25)10-14)31-12-13-5-7-15(8-6-13)22(29)30/h1-11H,12H2,(H,27,28)(H,29,30)/b26-11-. The molecule has 31 heavy (non-hydrogen) atoms. The normalized spacial score (nSPS) is 10.8. The summed E-state index contributed by atoms with van der Waals surface area (Å²) >= 11 is 7.72. The molecule has 158 valence electrons. The minimum atomic E-state index is -0.957. The molecule has 0 aliphatic carbocycles. The first-order valence-electron chi connectivity index (χ1n) is 8.87. The molecule has 3 aromatic carbocycles. The number of nitrogens with one attached hydrogen (secondary N) is 1. The van der Waals surface area contributed by atoms with Gasteiger partial charge in [0.25, 0.3) is 5.91 Å². The van der Waals surface area contributed by atoms with Crippen molar-refractivity contribution in [3.05, 3.63) is 94.5 Å². The van der Waals surface area contributed by atoms with Crippen molar-refractivity contribution in [1.29, 1.82) is 0 Å². The lowest BCUT2D eigenvalue weighted by molar-refractivity contribution is 0.0696. The summed E-state index contributed by atoms with van der Waals surface area (Å²) < 4.78 is 8.43. The van der Waals surface area contributed by atoms with Crippen molar-refractivity contribution in [2.24, 2.45) is 5.10 Å². The average Bonchev–Trinajstić information content (AvgIpc) is 2.73. The zero-order chi connectivity index (χ0) is 22.4. The van der Waals surface area contributed by atoms with Crippen LogP contribution in [0, 0.1) is 7.14 Å². The highest BCUT2D eigenvalue weighted by molar-refractivity contribution is 14.1. The van der Waals surface area contributed by atoms with E-state index < -0.39 is 5.97 Å². The van der Waals surface area contributed by atoms with Crippen LogP contribution < -0.4 is 10.2 Å². The van der Waals surface area contributed by atoms with E-state index >= 15 is 0 Å². The molecule has 0 bridgehead atoms. The Balaban J connectivity index is 1.64. The summed E-state index contributed by atoms with van der Waals surface area (Å²) in [5.41, 5.74) is 4.96. The van der Waals surface area contributed by atoms with Crippen LogP contribution in [0.25, 0.3) is 0 Å². The van der Waals surface area contributed by atoms with E-state index in [-0.39, 0.29) is 11.5 Å². The Labute approximate surface area is 214 Å². The minimum absolute atomic E-state index is 0.239. The van der Waals surface area contributed by atoms with Gasteiger partial charge in [-0.15, -0.1) is 0 Å². The lowest BCUT2D eigenvalue weighted by atomic mass is 10.1. The van der Waals surface area contributed by atoms with Gasteiger partial charge >= 0.3 is 5.97 Å². The Bertz CT molecular complexity index is 1130. The molecule has 3 aromatic rings. The first-order chi connectivity index (χ1) is 14.8. The Morgan fingerprint density at radius 1 is 1.06 bits per heavy atom. The van der Waals surface area contributed by atoms with Crippen LogP contribution in [0.2, 0.25) is 0 Å². The molecule has 0 saturated carbocycles. The number of aromatic carboxylic acids is 1. The molecule has 0 unspecified atom stereocenters. The van der Waals surface area contributed by atoms with Gasteiger partial charge in [0.05, 0.1) is 24.5 Å². The van der Waals surface area contributed by atoms with Gasteiger partial charge in [0.1, 0.15) is 12.4 Å². The molecule has 0 aromatic heterocycles. The van der Waals surface area contributed by atoms with Crippen LogP contribution in [0.5, 0.6) is 5.75 Å². The number of carboxylic acids is 1. The van der Waals surface area contributed by atoms with Crippen molar-refractivity contribution in [1.82, 2.24) is 5.43 Å². The van der Waals surface area contributed by atoms with Crippen LogP contribution in [0.3, 0.4) is 0 Å². The molecule has 6 nitrogen and oxygen atoms in total. The second-order valence-electron chi connectivity index (χ2n) is 6.28. The van der Waals surface area contributed by atoms with Gasteiger partial charge in [-0.2, -0.15) is 5.10 Å². The van der Waals surface area contributed by atoms with Crippen LogP contribution in [0.1, 0.15) is 31.8 Å². The van der Waals surface area contributed by atoms with E-state index in [1.165, 1.54) is 0 Å². The maximum Gasteiger partial charge on any atom is 0.335 e. The molecule has 0 atom stereocenters. The van der Waals surface area contributed by atoms with Crippen molar-refractivity contribution < 1.29 is 19.4 Å². The van der Waals surface area contributed by atoms with Crippen LogP contribution in [-0.2, 0) is 6.61 Å². The summed E-state index contributed by atoms with van der Waals surface area (Å²) in [7, 11) is 0. The smallest absolute Gasteiger partial charge is 0.335 e. The quantitative estimate of drug-likeness (QED) is 0.188. The van der Waals surface area contributed by atoms with E-state index in [9.17, 15) is 9.59 Å². The highest BCUT2D eigenvalue weighted by Gasteiger charge is 2.10. The fraction of sp³-hybridized carbons (Fsp3) is 0.0455. The van der Waals surface area contributed by atoms with Gasteiger partial charge in [-0.3, -0.25) is 4.79 Å². The van der Waals surface area contributed by atoms with Crippen molar-refractivity contribution in [3.63, 3.8) is 0 Å². The van der Waals surface area contributed by atoms with Crippen molar-refractivity contribution in [2.75, 3.05) is 0 Å². The van der Waals surface area contributed by atoms with Crippen LogP contribution in [0.15, 0.2) is 70.2 Å². The van der Waals surface area contributed by atoms with E-state index in [1.807, 2.05) is 18.2 Å². The summed E-state index contributed by atoms with van der Waals surface area (Å²) in [6.07, 6.45) is 1.58. The Morgan fingerprint density at radius 2 is 1.71 bits per heavy atom. The molecule has 3 rings (SSSR count). The number of carbonyl (C=O) groups is 2. The van der Waals surface area contributed by atoms with Gasteiger partial charge in [-0.05, 0) is 109 Å². The predicted octanol–water partition coefficient (Wildman–Crippen LogP) is 5.70. The number of rotatable bonds is 7. The number of halogens is 3.